The maximum absolute atomic E-state index is 8.74. The minimum absolute atomic E-state index is 0.589. The van der Waals surface area contributed by atoms with Crippen LogP contribution in [0, 0.1) is 35.5 Å². The summed E-state index contributed by atoms with van der Waals surface area (Å²) in [7, 11) is -4.67. The zero-order chi connectivity index (χ0) is 23.7. The van der Waals surface area contributed by atoms with E-state index < -0.39 is 10.4 Å². The average Bonchev–Trinajstić information content (AvgIpc) is 3.02. The minimum Gasteiger partial charge on any atom is -0.358 e. The van der Waals surface area contributed by atoms with E-state index in [2.05, 4.69) is 33.6 Å². The van der Waals surface area contributed by atoms with Crippen LogP contribution in [0.4, 0.5) is 0 Å². The van der Waals surface area contributed by atoms with Crippen molar-refractivity contribution >= 4 is 16.6 Å². The summed E-state index contributed by atoms with van der Waals surface area (Å²) in [6.07, 6.45) is 22.8. The highest BCUT2D eigenvalue weighted by atomic mass is 32.3. The molecule has 0 bridgehead atoms. The van der Waals surface area contributed by atoms with E-state index in [1.165, 1.54) is 70.8 Å². The first-order chi connectivity index (χ1) is 16.4. The van der Waals surface area contributed by atoms with Crippen LogP contribution in [0.15, 0.2) is 17.3 Å². The van der Waals surface area contributed by atoms with Crippen LogP contribution < -0.4 is 5.32 Å². The number of rotatable bonds is 2. The predicted molar refractivity (Wildman–Crippen MR) is 133 cm³/mol. The Balaban J connectivity index is 0.000000439. The third-order valence-corrected chi connectivity index (χ3v) is 9.45. The number of aliphatic imine (C=N–C) groups is 1. The molecule has 6 aliphatic rings. The Morgan fingerprint density at radius 3 is 2.18 bits per heavy atom. The van der Waals surface area contributed by atoms with Crippen molar-refractivity contribution in [2.24, 2.45) is 40.5 Å². The van der Waals surface area contributed by atoms with Gasteiger partial charge in [-0.15, -0.1) is 0 Å². The molecule has 2 aliphatic carbocycles. The Labute approximate surface area is 204 Å². The number of nitrogens with zero attached hydrogens (tertiary/aromatic N) is 3. The fourth-order valence-electron chi connectivity index (χ4n) is 8.20. The molecule has 6 rings (SSSR count). The molecule has 192 valence electrons. The van der Waals surface area contributed by atoms with Gasteiger partial charge in [-0.05, 0) is 42.7 Å². The maximum atomic E-state index is 8.74. The van der Waals surface area contributed by atoms with Crippen molar-refractivity contribution in [2.45, 2.75) is 76.4 Å². The van der Waals surface area contributed by atoms with Gasteiger partial charge in [-0.1, -0.05) is 57.4 Å². The number of nitrogens with one attached hydrogen (secondary N) is 1. The molecule has 4 fully saturated rings. The van der Waals surface area contributed by atoms with Gasteiger partial charge in [0.2, 0.25) is 0 Å². The van der Waals surface area contributed by atoms with Crippen molar-refractivity contribution in [3.05, 3.63) is 12.3 Å². The number of hydrogen-bond donors (Lipinski definition) is 3. The average molecular weight is 495 g/mol. The molecule has 0 aromatic heterocycles. The first-order valence-corrected chi connectivity index (χ1v) is 14.9. The van der Waals surface area contributed by atoms with Gasteiger partial charge in [-0.25, -0.2) is 0 Å². The van der Waals surface area contributed by atoms with Gasteiger partial charge in [0.15, 0.2) is 0 Å². The van der Waals surface area contributed by atoms with Crippen molar-refractivity contribution in [3.63, 3.8) is 0 Å². The lowest BCUT2D eigenvalue weighted by Crippen LogP contribution is -2.69. The van der Waals surface area contributed by atoms with Crippen LogP contribution in [-0.2, 0) is 10.4 Å². The SMILES string of the molecule is C1=CN2C(C3CCCCC3)C(C3CCCCC3)CN3CN=CC4CNCC1C4C32.O=S(=O)(O)O. The highest BCUT2D eigenvalue weighted by molar-refractivity contribution is 7.79. The molecule has 0 spiro atoms. The lowest BCUT2D eigenvalue weighted by atomic mass is 9.66. The Kier molecular flexibility index (Phi) is 7.66. The molecule has 2 saturated heterocycles. The molecule has 4 aliphatic heterocycles. The van der Waals surface area contributed by atoms with Crippen LogP contribution >= 0.6 is 0 Å². The summed E-state index contributed by atoms with van der Waals surface area (Å²) in [6, 6.07) is 0.783. The standard InChI is InChI=1S/C25H40N4.H2O4S/c1-3-7-18(8-4-1)22-16-28-17-27-15-21-14-26-13-20-11-12-29(25(28)23(20)21)24(22)19-9-5-2-6-10-19;1-5(2,3)4/h11-12,15,18-26H,1-10,13-14,16-17H2;(H2,1,2,3,4). The van der Waals surface area contributed by atoms with E-state index in [0.29, 0.717) is 18.0 Å². The molecule has 8 nitrogen and oxygen atoms in total. The lowest BCUT2D eigenvalue weighted by molar-refractivity contribution is -0.121. The summed E-state index contributed by atoms with van der Waals surface area (Å²) in [4.78, 5) is 10.7. The number of hydrogen-bond acceptors (Lipinski definition) is 6. The maximum Gasteiger partial charge on any atom is 0.394 e. The zero-order valence-corrected chi connectivity index (χ0v) is 21.0. The topological polar surface area (TPSA) is 105 Å². The van der Waals surface area contributed by atoms with E-state index in [4.69, 9.17) is 22.5 Å². The van der Waals surface area contributed by atoms with Crippen LogP contribution in [-0.4, -0.2) is 72.0 Å². The Bertz CT molecular complexity index is 845. The summed E-state index contributed by atoms with van der Waals surface area (Å²) in [5.41, 5.74) is 0. The van der Waals surface area contributed by atoms with Gasteiger partial charge in [0.1, 0.15) is 0 Å². The van der Waals surface area contributed by atoms with Gasteiger partial charge in [-0.3, -0.25) is 19.0 Å². The normalized spacial score (nSPS) is 39.1. The fourth-order valence-corrected chi connectivity index (χ4v) is 8.20. The summed E-state index contributed by atoms with van der Waals surface area (Å²) >= 11 is 0. The highest BCUT2D eigenvalue weighted by Gasteiger charge is 2.53. The molecule has 9 heteroatoms. The van der Waals surface area contributed by atoms with Gasteiger partial charge >= 0.3 is 10.4 Å². The molecule has 34 heavy (non-hydrogen) atoms. The first-order valence-electron chi connectivity index (χ1n) is 13.5. The molecular formula is C25H42N4O4S. The minimum atomic E-state index is -4.67. The Morgan fingerprint density at radius 1 is 0.882 bits per heavy atom. The van der Waals surface area contributed by atoms with Crippen molar-refractivity contribution in [1.82, 2.24) is 15.1 Å². The van der Waals surface area contributed by atoms with E-state index in [-0.39, 0.29) is 0 Å². The van der Waals surface area contributed by atoms with Crippen LogP contribution in [0.1, 0.15) is 64.2 Å². The fraction of sp³-hybridized carbons (Fsp3) is 0.880. The second-order valence-electron chi connectivity index (χ2n) is 11.4. The molecule has 0 aromatic carbocycles. The van der Waals surface area contributed by atoms with Crippen molar-refractivity contribution in [3.8, 4) is 0 Å². The third-order valence-electron chi connectivity index (χ3n) is 9.45. The molecule has 6 atom stereocenters. The summed E-state index contributed by atoms with van der Waals surface area (Å²) in [5, 5.41) is 3.69. The van der Waals surface area contributed by atoms with Gasteiger partial charge < -0.3 is 10.2 Å². The van der Waals surface area contributed by atoms with E-state index in [1.807, 2.05) is 0 Å². The van der Waals surface area contributed by atoms with Crippen LogP contribution in [0.2, 0.25) is 0 Å². The second-order valence-corrected chi connectivity index (χ2v) is 12.3. The lowest BCUT2D eigenvalue weighted by Gasteiger charge is -2.61. The van der Waals surface area contributed by atoms with Crippen LogP contribution in [0.3, 0.4) is 0 Å². The highest BCUT2D eigenvalue weighted by Crippen LogP contribution is 2.48. The molecular weight excluding hydrogens is 452 g/mol. The Hall–Kier alpha value is -1.00. The third kappa shape index (κ3) is 5.38. The van der Waals surface area contributed by atoms with Gasteiger partial charge in [-0.2, -0.15) is 8.42 Å². The van der Waals surface area contributed by atoms with E-state index in [0.717, 1.165) is 49.5 Å². The summed E-state index contributed by atoms with van der Waals surface area (Å²) in [5.74, 6) is 4.73. The summed E-state index contributed by atoms with van der Waals surface area (Å²) in [6.45, 7) is 4.51. The smallest absolute Gasteiger partial charge is 0.358 e. The quantitative estimate of drug-likeness (QED) is 0.505. The van der Waals surface area contributed by atoms with Crippen LogP contribution in [0.5, 0.6) is 0 Å². The van der Waals surface area contributed by atoms with Crippen LogP contribution in [0.25, 0.3) is 0 Å². The van der Waals surface area contributed by atoms with Crippen molar-refractivity contribution in [1.29, 1.82) is 0 Å². The summed E-state index contributed by atoms with van der Waals surface area (Å²) < 4.78 is 31.6. The van der Waals surface area contributed by atoms with Crippen molar-refractivity contribution in [2.75, 3.05) is 26.3 Å². The zero-order valence-electron chi connectivity index (χ0n) is 20.2. The first kappa shape index (κ1) is 24.7. The molecule has 0 radical (unpaired) electrons. The van der Waals surface area contributed by atoms with Gasteiger partial charge in [0.05, 0.1) is 12.8 Å². The number of piperidine rings is 1. The predicted octanol–water partition coefficient (Wildman–Crippen LogP) is 3.44. The second kappa shape index (κ2) is 10.5. The molecule has 0 amide bonds. The molecule has 3 N–H and O–H groups in total. The molecule has 0 aromatic rings. The van der Waals surface area contributed by atoms with E-state index in [9.17, 15) is 0 Å². The largest absolute Gasteiger partial charge is 0.394 e. The van der Waals surface area contributed by atoms with Gasteiger partial charge in [0.25, 0.3) is 0 Å². The monoisotopic (exact) mass is 494 g/mol. The molecule has 6 unspecified atom stereocenters. The molecule has 2 saturated carbocycles. The Morgan fingerprint density at radius 2 is 1.50 bits per heavy atom. The van der Waals surface area contributed by atoms with E-state index >= 15 is 0 Å². The van der Waals surface area contributed by atoms with Crippen molar-refractivity contribution < 1.29 is 17.5 Å². The van der Waals surface area contributed by atoms with E-state index in [1.54, 1.807) is 0 Å². The van der Waals surface area contributed by atoms with Gasteiger partial charge in [0, 0.05) is 43.7 Å². The molecule has 4 heterocycles.